The van der Waals surface area contributed by atoms with E-state index in [0.717, 1.165) is 0 Å². The van der Waals surface area contributed by atoms with Gasteiger partial charge in [0.25, 0.3) is 0 Å². The first kappa shape index (κ1) is 29.2. The van der Waals surface area contributed by atoms with Gasteiger partial charge in [0.15, 0.2) is 0 Å². The van der Waals surface area contributed by atoms with Gasteiger partial charge in [-0.15, -0.1) is 0 Å². The van der Waals surface area contributed by atoms with Gasteiger partial charge in [-0.2, -0.15) is 0 Å². The minimum atomic E-state index is -4.64. The van der Waals surface area contributed by atoms with Crippen LogP contribution in [0.3, 0.4) is 0 Å². The quantitative estimate of drug-likeness (QED) is 0.333. The molecule has 0 aliphatic heterocycles. The van der Waals surface area contributed by atoms with Crippen LogP contribution in [0.25, 0.3) is 0 Å². The smallest absolute Gasteiger partial charge is 0.303 e. The van der Waals surface area contributed by atoms with Gasteiger partial charge in [-0.1, -0.05) is 0 Å². The largest absolute Gasteiger partial charge is 0.466 e. The first-order valence-electron chi connectivity index (χ1n) is 0.783. The molecule has 0 aromatic carbocycles. The van der Waals surface area contributed by atoms with Gasteiger partial charge in [0, 0.05) is 151 Å². The van der Waals surface area contributed by atoms with Crippen molar-refractivity contribution >= 4 is 159 Å². The van der Waals surface area contributed by atoms with E-state index in [-0.39, 0.29) is 151 Å². The van der Waals surface area contributed by atoms with E-state index in [2.05, 4.69) is 0 Å². The molecule has 0 atom stereocenters. The predicted octanol–water partition coefficient (Wildman–Crippen LogP) is -2.45. The van der Waals surface area contributed by atoms with Gasteiger partial charge in [0.2, 0.25) is 0 Å². The maximum atomic E-state index is 8.88. The Morgan fingerprint density at radius 3 is 0.778 bits per heavy atom. The molecule has 4 nitrogen and oxygen atoms in total. The zero-order chi connectivity index (χ0) is 4.50. The van der Waals surface area contributed by atoms with E-state index in [1.165, 1.54) is 0 Å². The summed E-state index contributed by atoms with van der Waals surface area (Å²) in [5, 5.41) is 0. The van der Waals surface area contributed by atoms with Gasteiger partial charge in [-0.3, -0.25) is 0 Å². The number of phosphoric acid groups is 1. The van der Waals surface area contributed by atoms with E-state index in [0.29, 0.717) is 0 Å². The van der Waals surface area contributed by atoms with Gasteiger partial charge >= 0.3 is 7.82 Å². The zero-order valence-electron chi connectivity index (χ0n) is 5.03. The van der Waals surface area contributed by atoms with Crippen molar-refractivity contribution < 1.29 is 19.2 Å². The molecule has 0 heterocycles. The number of rotatable bonds is 0. The molecule has 8 radical (unpaired) electrons. The fourth-order valence-electron chi connectivity index (χ4n) is 0. The van der Waals surface area contributed by atoms with Gasteiger partial charge in [-0.25, -0.2) is 4.57 Å². The molecule has 0 bridgehead atoms. The third-order valence-electron chi connectivity index (χ3n) is 0. The Balaban J connectivity index is -0.0000000133. The second kappa shape index (κ2) is 15.6. The van der Waals surface area contributed by atoms with Crippen molar-refractivity contribution in [3.63, 3.8) is 0 Å². The average Bonchev–Trinajstić information content (AvgIpc) is 0.722. The molecule has 0 unspecified atom stereocenters. The van der Waals surface area contributed by atoms with E-state index >= 15 is 0 Å². The van der Waals surface area contributed by atoms with Crippen LogP contribution in [-0.4, -0.2) is 166 Å². The van der Waals surface area contributed by atoms with E-state index in [1.807, 2.05) is 0 Å². The molecule has 0 aromatic rings. The van der Waals surface area contributed by atoms with E-state index < -0.39 is 7.82 Å². The molecule has 9 heavy (non-hydrogen) atoms. The first-order chi connectivity index (χ1) is 2.00. The SMILES string of the molecule is O=P(O)(O)O.[Ca].[Ca].[Ca].[Ca]. The molecule has 40 valence electrons. The molecule has 0 rings (SSSR count). The minimum absolute atomic E-state index is 0. The number of hydrogen-bond donors (Lipinski definition) is 3. The van der Waals surface area contributed by atoms with Crippen LogP contribution in [0.2, 0.25) is 0 Å². The Bertz CT molecular complexity index is 58.7. The van der Waals surface area contributed by atoms with Crippen molar-refractivity contribution in [2.45, 2.75) is 0 Å². The van der Waals surface area contributed by atoms with Crippen LogP contribution in [0.4, 0.5) is 0 Å². The van der Waals surface area contributed by atoms with Crippen molar-refractivity contribution in [1.29, 1.82) is 0 Å². The molecule has 0 saturated heterocycles. The van der Waals surface area contributed by atoms with Gasteiger partial charge in [0.05, 0.1) is 0 Å². The Morgan fingerprint density at radius 2 is 0.778 bits per heavy atom. The summed E-state index contributed by atoms with van der Waals surface area (Å²) in [6.45, 7) is 0. The standard InChI is InChI=1S/4Ca.H3O4P/c;;;;1-5(2,3)4/h;;;;(H3,1,2,3,4). The maximum absolute atomic E-state index is 8.88. The van der Waals surface area contributed by atoms with Gasteiger partial charge in [-0.05, 0) is 0 Å². The Labute approximate surface area is 173 Å². The molecular formula is H3Ca4O4P. The summed E-state index contributed by atoms with van der Waals surface area (Å²) in [6, 6.07) is 0. The normalized spacial score (nSPS) is 6.56. The van der Waals surface area contributed by atoms with Crippen LogP contribution in [-0.2, 0) is 4.57 Å². The summed E-state index contributed by atoms with van der Waals surface area (Å²) in [7, 11) is -4.64. The fraction of sp³-hybridized carbons (Fsp3) is 0. The topological polar surface area (TPSA) is 77.8 Å². The summed E-state index contributed by atoms with van der Waals surface area (Å²) in [5.41, 5.74) is 0. The minimum Gasteiger partial charge on any atom is -0.303 e. The first-order valence-corrected chi connectivity index (χ1v) is 2.35. The van der Waals surface area contributed by atoms with Crippen molar-refractivity contribution in [3.05, 3.63) is 0 Å². The summed E-state index contributed by atoms with van der Waals surface area (Å²) in [4.78, 5) is 21.6. The van der Waals surface area contributed by atoms with Crippen molar-refractivity contribution in [1.82, 2.24) is 0 Å². The van der Waals surface area contributed by atoms with Crippen LogP contribution < -0.4 is 0 Å². The molecule has 0 amide bonds. The molecule has 3 N–H and O–H groups in total. The monoisotopic (exact) mass is 258 g/mol. The average molecular weight is 258 g/mol. The third-order valence-corrected chi connectivity index (χ3v) is 0. The van der Waals surface area contributed by atoms with Gasteiger partial charge < -0.3 is 14.7 Å². The van der Waals surface area contributed by atoms with Crippen LogP contribution >= 0.6 is 7.82 Å². The van der Waals surface area contributed by atoms with Crippen LogP contribution in [0.5, 0.6) is 0 Å². The van der Waals surface area contributed by atoms with Crippen molar-refractivity contribution in [2.75, 3.05) is 0 Å². The van der Waals surface area contributed by atoms with E-state index in [9.17, 15) is 0 Å². The molecule has 0 aromatic heterocycles. The van der Waals surface area contributed by atoms with E-state index in [1.54, 1.807) is 0 Å². The Kier molecular flexibility index (Phi) is 50.7. The zero-order valence-corrected chi connectivity index (χ0v) is 14.8. The Hall–Kier alpha value is 5.15. The summed E-state index contributed by atoms with van der Waals surface area (Å²) in [6.07, 6.45) is 0. The second-order valence-corrected chi connectivity index (χ2v) is 1.54. The van der Waals surface area contributed by atoms with Crippen LogP contribution in [0.15, 0.2) is 0 Å². The predicted molar refractivity (Wildman–Crippen MR) is 37.3 cm³/mol. The molecule has 0 fully saturated rings. The molecule has 0 aliphatic rings. The molecule has 0 spiro atoms. The van der Waals surface area contributed by atoms with Gasteiger partial charge in [0.1, 0.15) is 0 Å². The molecule has 9 heteroatoms. The molecular weight excluding hydrogens is 255 g/mol. The molecule has 0 aliphatic carbocycles. The van der Waals surface area contributed by atoms with Crippen molar-refractivity contribution in [3.8, 4) is 0 Å². The van der Waals surface area contributed by atoms with Crippen LogP contribution in [0.1, 0.15) is 0 Å². The second-order valence-electron chi connectivity index (χ2n) is 0.513. The van der Waals surface area contributed by atoms with Crippen LogP contribution in [0, 0.1) is 0 Å². The Morgan fingerprint density at radius 1 is 0.778 bits per heavy atom. The fourth-order valence-corrected chi connectivity index (χ4v) is 0. The van der Waals surface area contributed by atoms with Crippen molar-refractivity contribution in [2.24, 2.45) is 0 Å². The number of hydrogen-bond acceptors (Lipinski definition) is 1. The molecule has 0 saturated carbocycles. The third kappa shape index (κ3) is 61.6. The van der Waals surface area contributed by atoms with E-state index in [4.69, 9.17) is 19.2 Å². The summed E-state index contributed by atoms with van der Waals surface area (Å²) < 4.78 is 8.88. The summed E-state index contributed by atoms with van der Waals surface area (Å²) in [5.74, 6) is 0. The summed E-state index contributed by atoms with van der Waals surface area (Å²) >= 11 is 0. The maximum Gasteiger partial charge on any atom is 0.466 e.